The standard InChI is InChI=1S/C13H22N2/c1-5-10-11-8-6-7-9-15(11)14-12(10)13(2,3)4/h5-9H2,1-4H3. The molecule has 0 amide bonds. The zero-order chi connectivity index (χ0) is 11.1. The van der Waals surface area contributed by atoms with Crippen molar-refractivity contribution in [2.45, 2.75) is 65.3 Å². The highest BCUT2D eigenvalue weighted by Crippen LogP contribution is 2.30. The molecule has 0 unspecified atom stereocenters. The van der Waals surface area contributed by atoms with Crippen molar-refractivity contribution >= 4 is 0 Å². The molecule has 2 heteroatoms. The van der Waals surface area contributed by atoms with Crippen LogP contribution < -0.4 is 0 Å². The third kappa shape index (κ3) is 1.82. The summed E-state index contributed by atoms with van der Waals surface area (Å²) in [7, 11) is 0. The zero-order valence-corrected chi connectivity index (χ0v) is 10.4. The molecule has 1 aliphatic rings. The van der Waals surface area contributed by atoms with Crippen LogP contribution in [0.5, 0.6) is 0 Å². The second-order valence-corrected chi connectivity index (χ2v) is 5.56. The highest BCUT2D eigenvalue weighted by atomic mass is 15.3. The van der Waals surface area contributed by atoms with Gasteiger partial charge in [0, 0.05) is 17.7 Å². The van der Waals surface area contributed by atoms with Crippen LogP contribution in [0.25, 0.3) is 0 Å². The van der Waals surface area contributed by atoms with Gasteiger partial charge in [-0.3, -0.25) is 4.68 Å². The first kappa shape index (κ1) is 10.7. The molecule has 0 bridgehead atoms. The fraction of sp³-hybridized carbons (Fsp3) is 0.769. The molecule has 0 aliphatic carbocycles. The van der Waals surface area contributed by atoms with E-state index in [1.807, 2.05) is 0 Å². The van der Waals surface area contributed by atoms with E-state index in [9.17, 15) is 0 Å². The van der Waals surface area contributed by atoms with Crippen molar-refractivity contribution in [2.24, 2.45) is 0 Å². The van der Waals surface area contributed by atoms with Gasteiger partial charge in [0.1, 0.15) is 0 Å². The van der Waals surface area contributed by atoms with Gasteiger partial charge in [-0.1, -0.05) is 27.7 Å². The number of hydrogen-bond acceptors (Lipinski definition) is 1. The minimum atomic E-state index is 0.190. The predicted octanol–water partition coefficient (Wildman–Crippen LogP) is 3.08. The van der Waals surface area contributed by atoms with Crippen molar-refractivity contribution in [2.75, 3.05) is 0 Å². The third-order valence-corrected chi connectivity index (χ3v) is 3.26. The Morgan fingerprint density at radius 2 is 2.00 bits per heavy atom. The first-order chi connectivity index (χ1) is 7.04. The van der Waals surface area contributed by atoms with Crippen LogP contribution in [0.4, 0.5) is 0 Å². The number of hydrogen-bond donors (Lipinski definition) is 0. The average molecular weight is 206 g/mol. The molecule has 0 radical (unpaired) electrons. The normalized spacial score (nSPS) is 16.5. The molecule has 0 saturated heterocycles. The summed E-state index contributed by atoms with van der Waals surface area (Å²) in [6.45, 7) is 10.2. The van der Waals surface area contributed by atoms with E-state index in [1.165, 1.54) is 36.2 Å². The molecule has 1 aliphatic heterocycles. The lowest BCUT2D eigenvalue weighted by Gasteiger charge is -2.17. The van der Waals surface area contributed by atoms with Gasteiger partial charge >= 0.3 is 0 Å². The summed E-state index contributed by atoms with van der Waals surface area (Å²) in [5, 5.41) is 4.81. The Kier molecular flexibility index (Phi) is 2.61. The van der Waals surface area contributed by atoms with E-state index in [-0.39, 0.29) is 5.41 Å². The van der Waals surface area contributed by atoms with Crippen molar-refractivity contribution in [1.82, 2.24) is 9.78 Å². The van der Waals surface area contributed by atoms with Crippen molar-refractivity contribution in [1.29, 1.82) is 0 Å². The molecule has 84 valence electrons. The molecule has 0 atom stereocenters. The number of aromatic nitrogens is 2. The van der Waals surface area contributed by atoms with Gasteiger partial charge in [0.2, 0.25) is 0 Å². The van der Waals surface area contributed by atoms with Crippen LogP contribution >= 0.6 is 0 Å². The van der Waals surface area contributed by atoms with Gasteiger partial charge in [-0.05, 0) is 31.2 Å². The summed E-state index contributed by atoms with van der Waals surface area (Å²) in [6, 6.07) is 0. The molecule has 0 N–H and O–H groups in total. The van der Waals surface area contributed by atoms with Gasteiger partial charge in [0.05, 0.1) is 5.69 Å². The van der Waals surface area contributed by atoms with Crippen molar-refractivity contribution < 1.29 is 0 Å². The Balaban J connectivity index is 2.51. The van der Waals surface area contributed by atoms with E-state index in [1.54, 1.807) is 0 Å². The summed E-state index contributed by atoms with van der Waals surface area (Å²) < 4.78 is 2.25. The summed E-state index contributed by atoms with van der Waals surface area (Å²) in [5.41, 5.74) is 4.54. The van der Waals surface area contributed by atoms with E-state index < -0.39 is 0 Å². The Morgan fingerprint density at radius 3 is 2.60 bits per heavy atom. The van der Waals surface area contributed by atoms with Gasteiger partial charge < -0.3 is 0 Å². The lowest BCUT2D eigenvalue weighted by Crippen LogP contribution is -2.15. The fourth-order valence-electron chi connectivity index (χ4n) is 2.53. The molecule has 0 fully saturated rings. The topological polar surface area (TPSA) is 17.8 Å². The smallest absolute Gasteiger partial charge is 0.0712 e. The van der Waals surface area contributed by atoms with Gasteiger partial charge in [-0.2, -0.15) is 5.10 Å². The molecule has 15 heavy (non-hydrogen) atoms. The summed E-state index contributed by atoms with van der Waals surface area (Å²) in [5.74, 6) is 0. The van der Waals surface area contributed by atoms with Crippen molar-refractivity contribution in [3.63, 3.8) is 0 Å². The molecule has 0 aromatic carbocycles. The second-order valence-electron chi connectivity index (χ2n) is 5.56. The Bertz CT molecular complexity index is 355. The van der Waals surface area contributed by atoms with Crippen LogP contribution in [0.3, 0.4) is 0 Å². The summed E-state index contributed by atoms with van der Waals surface area (Å²) in [6.07, 6.45) is 4.98. The van der Waals surface area contributed by atoms with Gasteiger partial charge in [0.15, 0.2) is 0 Å². The molecule has 2 heterocycles. The first-order valence-electron chi connectivity index (χ1n) is 6.13. The van der Waals surface area contributed by atoms with Crippen LogP contribution in [0.1, 0.15) is 57.5 Å². The predicted molar refractivity (Wildman–Crippen MR) is 63.2 cm³/mol. The lowest BCUT2D eigenvalue weighted by atomic mass is 9.87. The SMILES string of the molecule is CCc1c(C(C)(C)C)nn2c1CCCC2. The van der Waals surface area contributed by atoms with Gasteiger partial charge in [-0.25, -0.2) is 0 Å². The van der Waals surface area contributed by atoms with Crippen molar-refractivity contribution in [3.05, 3.63) is 17.0 Å². The highest BCUT2D eigenvalue weighted by Gasteiger charge is 2.26. The summed E-state index contributed by atoms with van der Waals surface area (Å²) in [4.78, 5) is 0. The molecule has 2 rings (SSSR count). The largest absolute Gasteiger partial charge is 0.269 e. The van der Waals surface area contributed by atoms with Gasteiger partial charge in [-0.15, -0.1) is 0 Å². The maximum absolute atomic E-state index is 4.81. The first-order valence-corrected chi connectivity index (χ1v) is 6.13. The Labute approximate surface area is 92.7 Å². The minimum absolute atomic E-state index is 0.190. The monoisotopic (exact) mass is 206 g/mol. The number of fused-ring (bicyclic) bond motifs is 1. The van der Waals surface area contributed by atoms with Crippen LogP contribution in [0.15, 0.2) is 0 Å². The fourth-order valence-corrected chi connectivity index (χ4v) is 2.53. The number of aryl methyl sites for hydroxylation is 1. The molecule has 1 aromatic heterocycles. The van der Waals surface area contributed by atoms with E-state index in [4.69, 9.17) is 5.10 Å². The Morgan fingerprint density at radius 1 is 1.27 bits per heavy atom. The molecule has 0 spiro atoms. The molecule has 2 nitrogen and oxygen atoms in total. The third-order valence-electron chi connectivity index (χ3n) is 3.26. The van der Waals surface area contributed by atoms with Crippen molar-refractivity contribution in [3.8, 4) is 0 Å². The van der Waals surface area contributed by atoms with Crippen LogP contribution in [-0.2, 0) is 24.8 Å². The molecular weight excluding hydrogens is 184 g/mol. The average Bonchev–Trinajstić information content (AvgIpc) is 2.55. The van der Waals surface area contributed by atoms with Gasteiger partial charge in [0.25, 0.3) is 0 Å². The second kappa shape index (κ2) is 3.66. The molecule has 1 aromatic rings. The summed E-state index contributed by atoms with van der Waals surface area (Å²) >= 11 is 0. The molecule has 0 saturated carbocycles. The quantitative estimate of drug-likeness (QED) is 0.690. The van der Waals surface area contributed by atoms with Crippen LogP contribution in [0, 0.1) is 0 Å². The Hall–Kier alpha value is -0.790. The van der Waals surface area contributed by atoms with Crippen LogP contribution in [0.2, 0.25) is 0 Å². The maximum atomic E-state index is 4.81. The van der Waals surface area contributed by atoms with E-state index >= 15 is 0 Å². The number of nitrogens with zero attached hydrogens (tertiary/aromatic N) is 2. The molecular formula is C13H22N2. The van der Waals surface area contributed by atoms with E-state index in [0.717, 1.165) is 13.0 Å². The highest BCUT2D eigenvalue weighted by molar-refractivity contribution is 5.32. The number of rotatable bonds is 1. The van der Waals surface area contributed by atoms with Crippen LogP contribution in [-0.4, -0.2) is 9.78 Å². The maximum Gasteiger partial charge on any atom is 0.0712 e. The van der Waals surface area contributed by atoms with E-state index in [0.29, 0.717) is 0 Å². The lowest BCUT2D eigenvalue weighted by molar-refractivity contribution is 0.470. The zero-order valence-electron chi connectivity index (χ0n) is 10.4. The minimum Gasteiger partial charge on any atom is -0.269 e. The van der Waals surface area contributed by atoms with E-state index in [2.05, 4.69) is 32.4 Å².